The van der Waals surface area contributed by atoms with Crippen LogP contribution in [0.25, 0.3) is 10.8 Å². The Morgan fingerprint density at radius 3 is 2.09 bits per heavy atom. The molecule has 0 saturated carbocycles. The van der Waals surface area contributed by atoms with Crippen molar-refractivity contribution >= 4 is 22.1 Å². The smallest absolute Gasteiger partial charge is 0.119 e. The summed E-state index contributed by atoms with van der Waals surface area (Å²) in [5, 5.41) is 11.4. The van der Waals surface area contributed by atoms with Gasteiger partial charge in [-0.3, -0.25) is 0 Å². The normalized spacial score (nSPS) is 11.3. The van der Waals surface area contributed by atoms with Crippen molar-refractivity contribution in [3.05, 3.63) is 65.2 Å². The lowest BCUT2D eigenvalue weighted by molar-refractivity contribution is 0.414. The summed E-state index contributed by atoms with van der Waals surface area (Å²) in [6.45, 7) is 6.12. The van der Waals surface area contributed by atoms with Gasteiger partial charge in [0, 0.05) is 5.39 Å². The highest BCUT2D eigenvalue weighted by Gasteiger charge is 2.07. The summed E-state index contributed by atoms with van der Waals surface area (Å²) in [5.41, 5.74) is 5.07. The van der Waals surface area contributed by atoms with E-state index in [1.165, 1.54) is 5.39 Å². The fourth-order valence-corrected chi connectivity index (χ4v) is 2.79. The van der Waals surface area contributed by atoms with E-state index in [1.807, 2.05) is 38.1 Å². The lowest BCUT2D eigenvalue weighted by Crippen LogP contribution is -1.87. The summed E-state index contributed by atoms with van der Waals surface area (Å²) < 4.78 is 5.30. The molecule has 0 amide bonds. The second kappa shape index (κ2) is 6.21. The van der Waals surface area contributed by atoms with Gasteiger partial charge in [0.15, 0.2) is 0 Å². The zero-order chi connectivity index (χ0) is 16.4. The van der Waals surface area contributed by atoms with Gasteiger partial charge in [-0.25, -0.2) is 0 Å². The Balaban J connectivity index is 2.09. The van der Waals surface area contributed by atoms with Gasteiger partial charge in [-0.1, -0.05) is 36.4 Å². The number of hydrogen-bond donors (Lipinski definition) is 0. The number of rotatable bonds is 3. The van der Waals surface area contributed by atoms with Crippen molar-refractivity contribution in [1.82, 2.24) is 0 Å². The number of methoxy groups -OCH3 is 1. The molecule has 0 aliphatic rings. The van der Waals surface area contributed by atoms with E-state index in [4.69, 9.17) is 4.74 Å². The van der Waals surface area contributed by atoms with Crippen molar-refractivity contribution < 1.29 is 4.74 Å². The average Bonchev–Trinajstić information content (AvgIpc) is 2.55. The Morgan fingerprint density at radius 1 is 0.739 bits per heavy atom. The number of azo groups is 1. The number of nitrogens with zero attached hydrogens (tertiary/aromatic N) is 2. The molecule has 0 atom stereocenters. The third kappa shape index (κ3) is 2.95. The van der Waals surface area contributed by atoms with E-state index in [0.29, 0.717) is 0 Å². The number of ether oxygens (including phenoxy) is 1. The topological polar surface area (TPSA) is 34.0 Å². The molecule has 0 N–H and O–H groups in total. The van der Waals surface area contributed by atoms with Gasteiger partial charge >= 0.3 is 0 Å². The second-order valence-electron chi connectivity index (χ2n) is 5.76. The highest BCUT2D eigenvalue weighted by Crippen LogP contribution is 2.34. The lowest BCUT2D eigenvalue weighted by Gasteiger charge is -2.08. The van der Waals surface area contributed by atoms with Crippen LogP contribution >= 0.6 is 0 Å². The van der Waals surface area contributed by atoms with Crippen molar-refractivity contribution in [2.75, 3.05) is 7.11 Å². The molecule has 0 spiro atoms. The fraction of sp³-hybridized carbons (Fsp3) is 0.200. The van der Waals surface area contributed by atoms with E-state index >= 15 is 0 Å². The molecule has 0 aliphatic heterocycles. The summed E-state index contributed by atoms with van der Waals surface area (Å²) in [7, 11) is 1.68. The summed E-state index contributed by atoms with van der Waals surface area (Å²) in [5.74, 6) is 0.847. The molecule has 3 rings (SSSR count). The van der Waals surface area contributed by atoms with Crippen LogP contribution in [0.1, 0.15) is 16.7 Å². The summed E-state index contributed by atoms with van der Waals surface area (Å²) in [4.78, 5) is 0. The molecule has 23 heavy (non-hydrogen) atoms. The highest BCUT2D eigenvalue weighted by molar-refractivity contribution is 5.93. The molecular formula is C20H20N2O. The molecule has 0 heterocycles. The maximum absolute atomic E-state index is 5.30. The minimum atomic E-state index is 0.847. The Bertz CT molecular complexity index is 874. The van der Waals surface area contributed by atoms with Gasteiger partial charge < -0.3 is 4.74 Å². The lowest BCUT2D eigenvalue weighted by atomic mass is 10.1. The van der Waals surface area contributed by atoms with Gasteiger partial charge in [0.1, 0.15) is 5.75 Å². The number of benzene rings is 3. The van der Waals surface area contributed by atoms with Crippen LogP contribution in [0.15, 0.2) is 58.8 Å². The third-order valence-corrected chi connectivity index (χ3v) is 4.05. The van der Waals surface area contributed by atoms with E-state index in [2.05, 4.69) is 41.4 Å². The third-order valence-electron chi connectivity index (χ3n) is 4.05. The standard InChI is InChI=1S/C20H20N2O/c1-13-9-10-16-7-5-6-8-18(16)20(13)22-21-19-14(2)11-17(23-4)12-15(19)3/h5-12H,1-4H3. The fourth-order valence-electron chi connectivity index (χ4n) is 2.79. The zero-order valence-electron chi connectivity index (χ0n) is 13.9. The molecule has 0 unspecified atom stereocenters. The van der Waals surface area contributed by atoms with Crippen molar-refractivity contribution in [3.8, 4) is 5.75 Å². The van der Waals surface area contributed by atoms with E-state index in [9.17, 15) is 0 Å². The summed E-state index contributed by atoms with van der Waals surface area (Å²) >= 11 is 0. The van der Waals surface area contributed by atoms with Crippen LogP contribution in [-0.4, -0.2) is 7.11 Å². The molecule has 3 aromatic carbocycles. The first-order valence-corrected chi connectivity index (χ1v) is 7.65. The first-order chi connectivity index (χ1) is 11.1. The summed E-state index contributed by atoms with van der Waals surface area (Å²) in [6.07, 6.45) is 0. The van der Waals surface area contributed by atoms with Gasteiger partial charge in [0.2, 0.25) is 0 Å². The molecule has 0 saturated heterocycles. The molecule has 0 bridgehead atoms. The van der Waals surface area contributed by atoms with Gasteiger partial charge in [-0.05, 0) is 55.0 Å². The van der Waals surface area contributed by atoms with Crippen LogP contribution < -0.4 is 4.74 Å². The second-order valence-corrected chi connectivity index (χ2v) is 5.76. The SMILES string of the molecule is COc1cc(C)c(N=Nc2c(C)ccc3ccccc23)c(C)c1. The minimum absolute atomic E-state index is 0.847. The van der Waals surface area contributed by atoms with Crippen LogP contribution in [0.5, 0.6) is 5.75 Å². The Hall–Kier alpha value is -2.68. The molecule has 0 radical (unpaired) electrons. The Labute approximate surface area is 136 Å². The predicted octanol–water partition coefficient (Wildman–Crippen LogP) is 6.19. The first-order valence-electron chi connectivity index (χ1n) is 7.65. The molecule has 3 nitrogen and oxygen atoms in total. The van der Waals surface area contributed by atoms with Gasteiger partial charge in [-0.2, -0.15) is 0 Å². The Morgan fingerprint density at radius 2 is 1.39 bits per heavy atom. The molecular weight excluding hydrogens is 284 g/mol. The van der Waals surface area contributed by atoms with Crippen LogP contribution in [0, 0.1) is 20.8 Å². The maximum Gasteiger partial charge on any atom is 0.119 e. The highest BCUT2D eigenvalue weighted by atomic mass is 16.5. The van der Waals surface area contributed by atoms with Crippen LogP contribution in [0.2, 0.25) is 0 Å². The predicted molar refractivity (Wildman–Crippen MR) is 95.3 cm³/mol. The number of hydrogen-bond acceptors (Lipinski definition) is 3. The van der Waals surface area contributed by atoms with Gasteiger partial charge in [-0.15, -0.1) is 10.2 Å². The van der Waals surface area contributed by atoms with Crippen molar-refractivity contribution in [1.29, 1.82) is 0 Å². The number of aryl methyl sites for hydroxylation is 3. The van der Waals surface area contributed by atoms with Crippen molar-refractivity contribution in [3.63, 3.8) is 0 Å². The maximum atomic E-state index is 5.30. The average molecular weight is 304 g/mol. The van der Waals surface area contributed by atoms with Crippen LogP contribution in [-0.2, 0) is 0 Å². The zero-order valence-corrected chi connectivity index (χ0v) is 13.9. The number of fused-ring (bicyclic) bond motifs is 1. The molecule has 3 heteroatoms. The molecule has 0 aliphatic carbocycles. The molecule has 3 aromatic rings. The monoisotopic (exact) mass is 304 g/mol. The van der Waals surface area contributed by atoms with Gasteiger partial charge in [0.25, 0.3) is 0 Å². The summed E-state index contributed by atoms with van der Waals surface area (Å²) in [6, 6.07) is 16.4. The first kappa shape index (κ1) is 15.2. The van der Waals surface area contributed by atoms with E-state index in [0.717, 1.165) is 39.2 Å². The van der Waals surface area contributed by atoms with E-state index in [-0.39, 0.29) is 0 Å². The Kier molecular flexibility index (Phi) is 4.11. The molecule has 116 valence electrons. The van der Waals surface area contributed by atoms with Crippen molar-refractivity contribution in [2.45, 2.75) is 20.8 Å². The quantitative estimate of drug-likeness (QED) is 0.531. The largest absolute Gasteiger partial charge is 0.497 e. The molecule has 0 fully saturated rings. The molecule has 0 aromatic heterocycles. The van der Waals surface area contributed by atoms with E-state index in [1.54, 1.807) is 7.11 Å². The minimum Gasteiger partial charge on any atom is -0.497 e. The van der Waals surface area contributed by atoms with Crippen LogP contribution in [0.4, 0.5) is 11.4 Å². The van der Waals surface area contributed by atoms with Crippen molar-refractivity contribution in [2.24, 2.45) is 10.2 Å². The van der Waals surface area contributed by atoms with Crippen LogP contribution in [0.3, 0.4) is 0 Å². The van der Waals surface area contributed by atoms with Gasteiger partial charge in [0.05, 0.1) is 18.5 Å². The van der Waals surface area contributed by atoms with E-state index < -0.39 is 0 Å².